The molecule has 0 aliphatic rings. The van der Waals surface area contributed by atoms with Crippen molar-refractivity contribution >= 4 is 28.9 Å². The van der Waals surface area contributed by atoms with Gasteiger partial charge in [0.05, 0.1) is 16.2 Å². The number of nitro groups is 1. The lowest BCUT2D eigenvalue weighted by Gasteiger charge is -2.07. The molecule has 2 amide bonds. The molecule has 0 fully saturated rings. The van der Waals surface area contributed by atoms with Crippen molar-refractivity contribution in [2.24, 2.45) is 5.73 Å². The van der Waals surface area contributed by atoms with E-state index in [9.17, 15) is 19.7 Å². The predicted molar refractivity (Wildman–Crippen MR) is 94.0 cm³/mol. The molecular weight excluding hydrogens is 338 g/mol. The Kier molecular flexibility index (Phi) is 5.63. The lowest BCUT2D eigenvalue weighted by atomic mass is 10.1. The maximum atomic E-state index is 12.2. The van der Waals surface area contributed by atoms with Crippen LogP contribution < -0.4 is 16.4 Å². The van der Waals surface area contributed by atoms with Gasteiger partial charge in [-0.2, -0.15) is 5.26 Å². The first-order valence-electron chi connectivity index (χ1n) is 7.24. The van der Waals surface area contributed by atoms with Crippen molar-refractivity contribution in [1.29, 1.82) is 5.26 Å². The van der Waals surface area contributed by atoms with E-state index in [-0.39, 0.29) is 22.5 Å². The van der Waals surface area contributed by atoms with Crippen molar-refractivity contribution in [2.75, 3.05) is 10.6 Å². The van der Waals surface area contributed by atoms with Gasteiger partial charge in [0.25, 0.3) is 17.5 Å². The fourth-order valence-electron chi connectivity index (χ4n) is 2.02. The van der Waals surface area contributed by atoms with E-state index in [0.29, 0.717) is 5.69 Å². The molecule has 26 heavy (non-hydrogen) atoms. The third-order valence-corrected chi connectivity index (χ3v) is 3.24. The van der Waals surface area contributed by atoms with E-state index in [0.717, 1.165) is 6.20 Å². The third-order valence-electron chi connectivity index (χ3n) is 3.24. The highest BCUT2D eigenvalue weighted by Gasteiger charge is 2.13. The topological polar surface area (TPSA) is 151 Å². The van der Waals surface area contributed by atoms with E-state index < -0.39 is 16.7 Å². The molecule has 0 unspecified atom stereocenters. The monoisotopic (exact) mass is 351 g/mol. The fraction of sp³-hybridized carbons (Fsp3) is 0. The van der Waals surface area contributed by atoms with Crippen LogP contribution in [0.5, 0.6) is 0 Å². The number of hydrogen-bond donors (Lipinski definition) is 3. The van der Waals surface area contributed by atoms with Crippen molar-refractivity contribution in [2.45, 2.75) is 0 Å². The summed E-state index contributed by atoms with van der Waals surface area (Å²) in [6.07, 6.45) is 1.12. The molecule has 0 bridgehead atoms. The van der Waals surface area contributed by atoms with Gasteiger partial charge in [0, 0.05) is 24.0 Å². The van der Waals surface area contributed by atoms with Crippen LogP contribution >= 0.6 is 0 Å². The zero-order valence-corrected chi connectivity index (χ0v) is 13.3. The molecule has 130 valence electrons. The van der Waals surface area contributed by atoms with Gasteiger partial charge in [0.1, 0.15) is 11.6 Å². The third kappa shape index (κ3) is 4.42. The Labute approximate surface area is 147 Å². The number of carbonyl (C=O) groups is 2. The average Bonchev–Trinajstić information content (AvgIpc) is 2.62. The average molecular weight is 351 g/mol. The van der Waals surface area contributed by atoms with Crippen LogP contribution in [-0.4, -0.2) is 16.7 Å². The van der Waals surface area contributed by atoms with E-state index in [4.69, 9.17) is 11.0 Å². The molecule has 0 saturated heterocycles. The number of nitrogens with one attached hydrogen (secondary N) is 2. The minimum Gasteiger partial charge on any atom is -0.366 e. The Bertz CT molecular complexity index is 946. The van der Waals surface area contributed by atoms with E-state index >= 15 is 0 Å². The van der Waals surface area contributed by atoms with Gasteiger partial charge in [-0.05, 0) is 18.2 Å². The second-order valence-electron chi connectivity index (χ2n) is 4.99. The summed E-state index contributed by atoms with van der Waals surface area (Å²) in [7, 11) is 0. The van der Waals surface area contributed by atoms with Gasteiger partial charge in [-0.25, -0.2) is 0 Å². The fourth-order valence-corrected chi connectivity index (χ4v) is 2.02. The number of rotatable bonds is 6. The first kappa shape index (κ1) is 18.2. The number of non-ortho nitro benzene ring substituents is 1. The number of hydrogen-bond acceptors (Lipinski definition) is 6. The second kappa shape index (κ2) is 8.07. The molecule has 0 spiro atoms. The van der Waals surface area contributed by atoms with Crippen LogP contribution in [-0.2, 0) is 4.79 Å². The van der Waals surface area contributed by atoms with Crippen LogP contribution in [0, 0.1) is 21.4 Å². The van der Waals surface area contributed by atoms with Crippen molar-refractivity contribution in [3.63, 3.8) is 0 Å². The highest BCUT2D eigenvalue weighted by Crippen LogP contribution is 2.18. The maximum Gasteiger partial charge on any atom is 0.271 e. The molecule has 0 saturated carbocycles. The molecule has 4 N–H and O–H groups in total. The molecule has 0 radical (unpaired) electrons. The van der Waals surface area contributed by atoms with Gasteiger partial charge in [-0.3, -0.25) is 19.7 Å². The van der Waals surface area contributed by atoms with Crippen LogP contribution in [0.25, 0.3) is 0 Å². The summed E-state index contributed by atoms with van der Waals surface area (Å²) in [5.41, 5.74) is 5.46. The maximum absolute atomic E-state index is 12.2. The number of nitrogens with zero attached hydrogens (tertiary/aromatic N) is 2. The quantitative estimate of drug-likeness (QED) is 0.314. The minimum absolute atomic E-state index is 0.169. The molecule has 0 aromatic heterocycles. The van der Waals surface area contributed by atoms with Gasteiger partial charge in [-0.15, -0.1) is 0 Å². The second-order valence-corrected chi connectivity index (χ2v) is 4.99. The van der Waals surface area contributed by atoms with Gasteiger partial charge < -0.3 is 16.4 Å². The van der Waals surface area contributed by atoms with Crippen molar-refractivity contribution in [3.05, 3.63) is 76.0 Å². The van der Waals surface area contributed by atoms with Crippen LogP contribution in [0.2, 0.25) is 0 Å². The van der Waals surface area contributed by atoms with E-state index in [1.807, 2.05) is 0 Å². The summed E-state index contributed by atoms with van der Waals surface area (Å²) < 4.78 is 0. The van der Waals surface area contributed by atoms with Crippen molar-refractivity contribution < 1.29 is 14.5 Å². The zero-order valence-electron chi connectivity index (χ0n) is 13.3. The van der Waals surface area contributed by atoms with Gasteiger partial charge in [0.2, 0.25) is 0 Å². The van der Waals surface area contributed by atoms with Crippen LogP contribution in [0.3, 0.4) is 0 Å². The highest BCUT2D eigenvalue weighted by atomic mass is 16.6. The Balaban J connectivity index is 2.18. The molecule has 2 aromatic carbocycles. The summed E-state index contributed by atoms with van der Waals surface area (Å²) >= 11 is 0. The standard InChI is InChI=1S/C17H13N5O4/c18-9-11(10-20-15-7-2-1-6-14(15)16(19)23)17(24)21-12-4-3-5-13(8-12)22(25)26/h1-8,10,20H,(H2,19,23)(H,21,24)/b11-10-. The molecule has 9 heteroatoms. The number of nitrogens with two attached hydrogens (primary N) is 1. The number of carbonyl (C=O) groups excluding carboxylic acids is 2. The molecule has 2 aromatic rings. The Morgan fingerprint density at radius 2 is 1.92 bits per heavy atom. The molecule has 0 atom stereocenters. The first-order valence-corrected chi connectivity index (χ1v) is 7.24. The molecule has 0 heterocycles. The van der Waals surface area contributed by atoms with Gasteiger partial charge in [0.15, 0.2) is 0 Å². The summed E-state index contributed by atoms with van der Waals surface area (Å²) in [6, 6.07) is 13.3. The van der Waals surface area contributed by atoms with Gasteiger partial charge >= 0.3 is 0 Å². The van der Waals surface area contributed by atoms with Crippen LogP contribution in [0.4, 0.5) is 17.1 Å². The first-order chi connectivity index (χ1) is 12.4. The number of benzene rings is 2. The molecular formula is C17H13N5O4. The number of nitro benzene ring substituents is 1. The lowest BCUT2D eigenvalue weighted by Crippen LogP contribution is -2.16. The number of amides is 2. The molecule has 2 rings (SSSR count). The minimum atomic E-state index is -0.767. The van der Waals surface area contributed by atoms with E-state index in [1.165, 1.54) is 30.3 Å². The molecule has 9 nitrogen and oxygen atoms in total. The van der Waals surface area contributed by atoms with E-state index in [2.05, 4.69) is 10.6 Å². The summed E-state index contributed by atoms with van der Waals surface area (Å²) in [5.74, 6) is -1.43. The summed E-state index contributed by atoms with van der Waals surface area (Å²) in [6.45, 7) is 0. The van der Waals surface area contributed by atoms with Crippen molar-refractivity contribution in [3.8, 4) is 6.07 Å². The van der Waals surface area contributed by atoms with E-state index in [1.54, 1.807) is 24.3 Å². The lowest BCUT2D eigenvalue weighted by molar-refractivity contribution is -0.384. The number of para-hydroxylation sites is 1. The Morgan fingerprint density at radius 3 is 2.58 bits per heavy atom. The molecule has 0 aliphatic heterocycles. The van der Waals surface area contributed by atoms with Crippen LogP contribution in [0.1, 0.15) is 10.4 Å². The SMILES string of the molecule is N#C/C(=C/Nc1ccccc1C(N)=O)C(=O)Nc1cccc([N+](=O)[O-])c1. The normalized spacial score (nSPS) is 10.5. The van der Waals surface area contributed by atoms with Crippen LogP contribution in [0.15, 0.2) is 60.3 Å². The van der Waals surface area contributed by atoms with Crippen molar-refractivity contribution in [1.82, 2.24) is 0 Å². The highest BCUT2D eigenvalue weighted by molar-refractivity contribution is 6.07. The smallest absolute Gasteiger partial charge is 0.271 e. The molecule has 0 aliphatic carbocycles. The van der Waals surface area contributed by atoms with Gasteiger partial charge in [-0.1, -0.05) is 18.2 Å². The largest absolute Gasteiger partial charge is 0.366 e. The zero-order chi connectivity index (χ0) is 19.1. The number of nitriles is 1. The Morgan fingerprint density at radius 1 is 1.19 bits per heavy atom. The summed E-state index contributed by atoms with van der Waals surface area (Å²) in [4.78, 5) is 33.7. The Hall–Kier alpha value is -4.19. The number of primary amides is 1. The summed E-state index contributed by atoms with van der Waals surface area (Å²) in [5, 5.41) is 25.0. The predicted octanol–water partition coefficient (Wildman–Crippen LogP) is 2.15. The number of anilines is 2.